The lowest BCUT2D eigenvalue weighted by Crippen LogP contribution is -2.22. The number of hydrogen-bond acceptors (Lipinski definition) is 3. The van der Waals surface area contributed by atoms with Gasteiger partial charge in [0.15, 0.2) is 0 Å². The highest BCUT2D eigenvalue weighted by Crippen LogP contribution is 2.14. The molecule has 1 aromatic rings. The van der Waals surface area contributed by atoms with Gasteiger partial charge in [0, 0.05) is 11.6 Å². The van der Waals surface area contributed by atoms with E-state index in [2.05, 4.69) is 0 Å². The molecular weight excluding hydrogens is 214 g/mol. The third-order valence-electron chi connectivity index (χ3n) is 2.88. The van der Waals surface area contributed by atoms with E-state index in [4.69, 9.17) is 10.5 Å². The van der Waals surface area contributed by atoms with Crippen molar-refractivity contribution >= 4 is 6.29 Å². The Morgan fingerprint density at radius 1 is 1.29 bits per heavy atom. The summed E-state index contributed by atoms with van der Waals surface area (Å²) in [4.78, 5) is 10.2. The van der Waals surface area contributed by atoms with Gasteiger partial charge in [-0.3, -0.25) is 4.79 Å². The molecule has 0 amide bonds. The Morgan fingerprint density at radius 2 is 2.00 bits per heavy atom. The van der Waals surface area contributed by atoms with Crippen molar-refractivity contribution in [2.24, 2.45) is 5.73 Å². The van der Waals surface area contributed by atoms with Crippen LogP contribution >= 0.6 is 0 Å². The van der Waals surface area contributed by atoms with Crippen LogP contribution in [0, 0.1) is 0 Å². The molecule has 3 heteroatoms. The standard InChI is InChI=1S/C8H8O2.C6H13N/c1-10-8-4-2-3-7(5-8)6-9;7-6-4-2-1-3-5-6/h2-6H,1H3;6H,1-5,7H2. The second-order valence-corrected chi connectivity index (χ2v) is 4.29. The van der Waals surface area contributed by atoms with Gasteiger partial charge in [-0.2, -0.15) is 0 Å². The zero-order valence-electron chi connectivity index (χ0n) is 10.4. The van der Waals surface area contributed by atoms with Gasteiger partial charge in [0.25, 0.3) is 0 Å². The van der Waals surface area contributed by atoms with Crippen LogP contribution in [0.25, 0.3) is 0 Å². The van der Waals surface area contributed by atoms with E-state index in [1.165, 1.54) is 32.1 Å². The largest absolute Gasteiger partial charge is 0.497 e. The molecule has 1 aliphatic rings. The maximum atomic E-state index is 10.2. The maximum Gasteiger partial charge on any atom is 0.150 e. The summed E-state index contributed by atoms with van der Waals surface area (Å²) in [7, 11) is 1.57. The second-order valence-electron chi connectivity index (χ2n) is 4.29. The summed E-state index contributed by atoms with van der Waals surface area (Å²) in [6.45, 7) is 0. The molecule has 1 fully saturated rings. The van der Waals surface area contributed by atoms with Crippen LogP contribution in [0.5, 0.6) is 5.75 Å². The van der Waals surface area contributed by atoms with Gasteiger partial charge in [-0.25, -0.2) is 0 Å². The van der Waals surface area contributed by atoms with Crippen molar-refractivity contribution in [1.29, 1.82) is 0 Å². The van der Waals surface area contributed by atoms with Crippen LogP contribution in [0.1, 0.15) is 42.5 Å². The molecule has 1 saturated carbocycles. The molecule has 0 bridgehead atoms. The Bertz CT molecular complexity index is 333. The molecule has 0 unspecified atom stereocenters. The van der Waals surface area contributed by atoms with Crippen molar-refractivity contribution in [2.75, 3.05) is 7.11 Å². The van der Waals surface area contributed by atoms with Crippen molar-refractivity contribution in [3.8, 4) is 5.75 Å². The monoisotopic (exact) mass is 235 g/mol. The van der Waals surface area contributed by atoms with E-state index in [1.54, 1.807) is 31.4 Å². The quantitative estimate of drug-likeness (QED) is 0.802. The van der Waals surface area contributed by atoms with Crippen LogP contribution in [0.15, 0.2) is 24.3 Å². The van der Waals surface area contributed by atoms with Crippen molar-refractivity contribution in [3.63, 3.8) is 0 Å². The molecule has 94 valence electrons. The molecule has 0 aliphatic heterocycles. The van der Waals surface area contributed by atoms with Gasteiger partial charge >= 0.3 is 0 Å². The number of nitrogens with two attached hydrogens (primary N) is 1. The summed E-state index contributed by atoms with van der Waals surface area (Å²) in [6, 6.07) is 7.53. The molecule has 3 nitrogen and oxygen atoms in total. The molecule has 0 atom stereocenters. The first kappa shape index (κ1) is 13.7. The highest BCUT2D eigenvalue weighted by molar-refractivity contribution is 5.75. The second kappa shape index (κ2) is 7.85. The highest BCUT2D eigenvalue weighted by Gasteiger charge is 2.06. The smallest absolute Gasteiger partial charge is 0.150 e. The molecule has 0 heterocycles. The van der Waals surface area contributed by atoms with Crippen LogP contribution in [0.2, 0.25) is 0 Å². The third kappa shape index (κ3) is 5.50. The number of carbonyl (C=O) groups excluding carboxylic acids is 1. The Kier molecular flexibility index (Phi) is 6.33. The SMILES string of the molecule is COc1cccc(C=O)c1.NC1CCCCC1. The van der Waals surface area contributed by atoms with Gasteiger partial charge < -0.3 is 10.5 Å². The Hall–Kier alpha value is -1.35. The normalized spacial score (nSPS) is 15.6. The van der Waals surface area contributed by atoms with Crippen molar-refractivity contribution < 1.29 is 9.53 Å². The summed E-state index contributed by atoms with van der Waals surface area (Å²) in [5, 5.41) is 0. The first-order valence-electron chi connectivity index (χ1n) is 6.11. The fourth-order valence-electron chi connectivity index (χ4n) is 1.85. The van der Waals surface area contributed by atoms with Crippen LogP contribution in [0.3, 0.4) is 0 Å². The minimum Gasteiger partial charge on any atom is -0.497 e. The van der Waals surface area contributed by atoms with Gasteiger partial charge in [-0.05, 0) is 25.0 Å². The van der Waals surface area contributed by atoms with E-state index in [-0.39, 0.29) is 0 Å². The Labute approximate surface area is 103 Å². The number of carbonyl (C=O) groups is 1. The average Bonchev–Trinajstić information content (AvgIpc) is 2.40. The summed E-state index contributed by atoms with van der Waals surface area (Å²) >= 11 is 0. The van der Waals surface area contributed by atoms with E-state index >= 15 is 0 Å². The lowest BCUT2D eigenvalue weighted by Gasteiger charge is -2.15. The van der Waals surface area contributed by atoms with Crippen molar-refractivity contribution in [3.05, 3.63) is 29.8 Å². The van der Waals surface area contributed by atoms with Crippen LogP contribution in [-0.4, -0.2) is 19.4 Å². The third-order valence-corrected chi connectivity index (χ3v) is 2.88. The Balaban J connectivity index is 0.000000181. The zero-order valence-corrected chi connectivity index (χ0v) is 10.4. The molecular formula is C14H21NO2. The maximum absolute atomic E-state index is 10.2. The van der Waals surface area contributed by atoms with E-state index < -0.39 is 0 Å². The Morgan fingerprint density at radius 3 is 2.47 bits per heavy atom. The van der Waals surface area contributed by atoms with E-state index in [1.807, 2.05) is 0 Å². The molecule has 2 rings (SSSR count). The highest BCUT2D eigenvalue weighted by atomic mass is 16.5. The number of methoxy groups -OCH3 is 1. The zero-order chi connectivity index (χ0) is 12.5. The minimum atomic E-state index is 0.536. The van der Waals surface area contributed by atoms with Gasteiger partial charge in [0.1, 0.15) is 12.0 Å². The fraction of sp³-hybridized carbons (Fsp3) is 0.500. The van der Waals surface area contributed by atoms with Crippen LogP contribution < -0.4 is 10.5 Å². The molecule has 0 saturated heterocycles. The fourth-order valence-corrected chi connectivity index (χ4v) is 1.85. The summed E-state index contributed by atoms with van der Waals surface area (Å²) in [5.41, 5.74) is 6.27. The molecule has 1 aromatic carbocycles. The molecule has 1 aliphatic carbocycles. The lowest BCUT2D eigenvalue weighted by molar-refractivity contribution is 0.112. The molecule has 2 N–H and O–H groups in total. The van der Waals surface area contributed by atoms with Crippen LogP contribution in [-0.2, 0) is 0 Å². The first-order chi connectivity index (χ1) is 8.26. The topological polar surface area (TPSA) is 52.3 Å². The van der Waals surface area contributed by atoms with Crippen molar-refractivity contribution in [2.45, 2.75) is 38.1 Å². The van der Waals surface area contributed by atoms with Crippen LogP contribution in [0.4, 0.5) is 0 Å². The van der Waals surface area contributed by atoms with Gasteiger partial charge in [-0.1, -0.05) is 31.4 Å². The lowest BCUT2D eigenvalue weighted by atomic mass is 9.97. The average molecular weight is 235 g/mol. The number of hydrogen-bond donors (Lipinski definition) is 1. The summed E-state index contributed by atoms with van der Waals surface area (Å²) < 4.78 is 4.90. The predicted molar refractivity (Wildman–Crippen MR) is 69.4 cm³/mol. The van der Waals surface area contributed by atoms with Gasteiger partial charge in [0.2, 0.25) is 0 Å². The first-order valence-corrected chi connectivity index (χ1v) is 6.11. The minimum absolute atomic E-state index is 0.536. The number of ether oxygens (including phenoxy) is 1. The summed E-state index contributed by atoms with van der Waals surface area (Å²) in [5.74, 6) is 0.713. The van der Waals surface area contributed by atoms with E-state index in [9.17, 15) is 4.79 Å². The molecule has 0 radical (unpaired) electrons. The van der Waals surface area contributed by atoms with Gasteiger partial charge in [0.05, 0.1) is 7.11 Å². The predicted octanol–water partition coefficient (Wildman–Crippen LogP) is 2.79. The molecule has 17 heavy (non-hydrogen) atoms. The van der Waals surface area contributed by atoms with Gasteiger partial charge in [-0.15, -0.1) is 0 Å². The number of aldehydes is 1. The number of benzene rings is 1. The van der Waals surface area contributed by atoms with E-state index in [0.717, 1.165) is 6.29 Å². The molecule has 0 aromatic heterocycles. The number of rotatable bonds is 2. The summed E-state index contributed by atoms with van der Waals surface area (Å²) in [6.07, 6.45) is 7.46. The molecule has 0 spiro atoms. The van der Waals surface area contributed by atoms with Crippen molar-refractivity contribution in [1.82, 2.24) is 0 Å². The van der Waals surface area contributed by atoms with E-state index in [0.29, 0.717) is 17.4 Å².